The smallest absolute Gasteiger partial charge is 0.105 e. The number of aliphatic hydroxyl groups is 1. The summed E-state index contributed by atoms with van der Waals surface area (Å²) in [6.45, 7) is 10.6. The van der Waals surface area contributed by atoms with Crippen molar-refractivity contribution in [3.05, 3.63) is 0 Å². The van der Waals surface area contributed by atoms with Crippen molar-refractivity contribution in [3.8, 4) is 0 Å². The molecule has 2 saturated carbocycles. The van der Waals surface area contributed by atoms with E-state index in [0.29, 0.717) is 30.0 Å². The molecule has 2 aliphatic carbocycles. The number of rotatable bonds is 3. The highest BCUT2D eigenvalue weighted by molar-refractivity contribution is 5.12. The van der Waals surface area contributed by atoms with Crippen LogP contribution in [0.3, 0.4) is 0 Å². The molecule has 5 atom stereocenters. The van der Waals surface area contributed by atoms with Crippen LogP contribution >= 0.6 is 0 Å². The summed E-state index contributed by atoms with van der Waals surface area (Å²) < 4.78 is 5.53. The van der Waals surface area contributed by atoms with Crippen LogP contribution in [-0.2, 0) is 4.74 Å². The minimum atomic E-state index is -0.672. The molecule has 110 valence electrons. The van der Waals surface area contributed by atoms with Gasteiger partial charge in [-0.05, 0) is 42.9 Å². The van der Waals surface area contributed by atoms with E-state index in [1.807, 2.05) is 6.92 Å². The minimum absolute atomic E-state index is 0.0468. The normalized spacial score (nSPS) is 51.9. The summed E-state index contributed by atoms with van der Waals surface area (Å²) in [7, 11) is 0. The van der Waals surface area contributed by atoms with Crippen LogP contribution in [0.15, 0.2) is 0 Å². The van der Waals surface area contributed by atoms with Crippen molar-refractivity contribution in [1.82, 2.24) is 5.32 Å². The van der Waals surface area contributed by atoms with Crippen molar-refractivity contribution in [2.75, 3.05) is 13.2 Å². The Kier molecular flexibility index (Phi) is 3.05. The van der Waals surface area contributed by atoms with Crippen molar-refractivity contribution >= 4 is 0 Å². The van der Waals surface area contributed by atoms with Gasteiger partial charge in [0.1, 0.15) is 5.60 Å². The maximum Gasteiger partial charge on any atom is 0.105 e. The average Bonchev–Trinajstić information content (AvgIpc) is 2.90. The van der Waals surface area contributed by atoms with Gasteiger partial charge in [0.25, 0.3) is 0 Å². The first-order chi connectivity index (χ1) is 8.78. The van der Waals surface area contributed by atoms with E-state index in [2.05, 4.69) is 26.1 Å². The Morgan fingerprint density at radius 2 is 2.00 bits per heavy atom. The van der Waals surface area contributed by atoms with Gasteiger partial charge in [-0.2, -0.15) is 0 Å². The quantitative estimate of drug-likeness (QED) is 0.824. The van der Waals surface area contributed by atoms with Crippen LogP contribution < -0.4 is 5.32 Å². The van der Waals surface area contributed by atoms with E-state index in [0.717, 1.165) is 12.3 Å². The Morgan fingerprint density at radius 1 is 1.26 bits per heavy atom. The third-order valence-corrected chi connectivity index (χ3v) is 6.54. The summed E-state index contributed by atoms with van der Waals surface area (Å²) in [6, 6.07) is 0.524. The monoisotopic (exact) mass is 267 g/mol. The van der Waals surface area contributed by atoms with Crippen LogP contribution in [0.2, 0.25) is 0 Å². The van der Waals surface area contributed by atoms with Gasteiger partial charge in [0.15, 0.2) is 0 Å². The zero-order valence-corrected chi connectivity index (χ0v) is 12.8. The molecule has 19 heavy (non-hydrogen) atoms. The molecule has 3 rings (SSSR count). The van der Waals surface area contributed by atoms with Gasteiger partial charge < -0.3 is 15.2 Å². The highest BCUT2D eigenvalue weighted by Gasteiger charge is 2.59. The van der Waals surface area contributed by atoms with Gasteiger partial charge in [0.05, 0.1) is 6.10 Å². The molecule has 1 saturated heterocycles. The van der Waals surface area contributed by atoms with E-state index in [1.165, 1.54) is 19.3 Å². The number of hydrogen-bond donors (Lipinski definition) is 2. The summed E-state index contributed by atoms with van der Waals surface area (Å²) in [5.41, 5.74) is 0.105. The molecule has 3 aliphatic rings. The standard InChI is InChI=1S/C16H29NO2/c1-11-16(18,7-8-19-11)10-17-13-14(2,3)12-5-6-15(13,4)9-12/h11-13,17-18H,5-10H2,1-4H3/t11?,12-,13?,15+,16?/m0/s1. The van der Waals surface area contributed by atoms with Gasteiger partial charge in [-0.15, -0.1) is 0 Å². The maximum atomic E-state index is 10.7. The van der Waals surface area contributed by atoms with Crippen molar-refractivity contribution in [2.24, 2.45) is 16.7 Å². The lowest BCUT2D eigenvalue weighted by Gasteiger charge is -2.44. The van der Waals surface area contributed by atoms with E-state index in [-0.39, 0.29) is 6.10 Å². The van der Waals surface area contributed by atoms with Gasteiger partial charge in [0.2, 0.25) is 0 Å². The third kappa shape index (κ3) is 1.97. The lowest BCUT2D eigenvalue weighted by molar-refractivity contribution is -0.0346. The lowest BCUT2D eigenvalue weighted by atomic mass is 9.68. The molecule has 0 aromatic heterocycles. The largest absolute Gasteiger partial charge is 0.386 e. The minimum Gasteiger partial charge on any atom is -0.386 e. The number of fused-ring (bicyclic) bond motifs is 2. The van der Waals surface area contributed by atoms with Gasteiger partial charge in [0, 0.05) is 25.6 Å². The average molecular weight is 267 g/mol. The summed E-state index contributed by atoms with van der Waals surface area (Å²) in [6.07, 6.45) is 4.78. The zero-order chi connectivity index (χ0) is 13.9. The van der Waals surface area contributed by atoms with Crippen LogP contribution in [-0.4, -0.2) is 36.0 Å². The molecule has 0 spiro atoms. The van der Waals surface area contributed by atoms with E-state index >= 15 is 0 Å². The highest BCUT2D eigenvalue weighted by atomic mass is 16.5. The Balaban J connectivity index is 1.70. The van der Waals surface area contributed by atoms with Crippen LogP contribution in [0.25, 0.3) is 0 Å². The fourth-order valence-corrected chi connectivity index (χ4v) is 5.09. The van der Waals surface area contributed by atoms with E-state index in [9.17, 15) is 5.11 Å². The maximum absolute atomic E-state index is 10.7. The molecule has 3 fully saturated rings. The van der Waals surface area contributed by atoms with E-state index in [4.69, 9.17) is 4.74 Å². The third-order valence-electron chi connectivity index (χ3n) is 6.54. The molecule has 0 aromatic carbocycles. The fourth-order valence-electron chi connectivity index (χ4n) is 5.09. The molecule has 3 nitrogen and oxygen atoms in total. The summed E-state index contributed by atoms with van der Waals surface area (Å²) in [5.74, 6) is 0.849. The molecular weight excluding hydrogens is 238 g/mol. The second-order valence-corrected chi connectivity index (χ2v) is 8.10. The van der Waals surface area contributed by atoms with Gasteiger partial charge >= 0.3 is 0 Å². The second kappa shape index (κ2) is 4.19. The first kappa shape index (κ1) is 13.8. The summed E-state index contributed by atoms with van der Waals surface area (Å²) in [4.78, 5) is 0. The molecule has 0 radical (unpaired) electrons. The Morgan fingerprint density at radius 3 is 2.53 bits per heavy atom. The predicted molar refractivity (Wildman–Crippen MR) is 76.0 cm³/mol. The SMILES string of the molecule is CC1OCCC1(O)CNC1C(C)(C)[C@H]2CC[C@]1(C)C2. The lowest BCUT2D eigenvalue weighted by Crippen LogP contribution is -2.56. The molecule has 2 bridgehead atoms. The van der Waals surface area contributed by atoms with Crippen LogP contribution in [0, 0.1) is 16.7 Å². The van der Waals surface area contributed by atoms with Crippen LogP contribution in [0.4, 0.5) is 0 Å². The molecule has 1 aliphatic heterocycles. The molecule has 3 heteroatoms. The van der Waals surface area contributed by atoms with Crippen LogP contribution in [0.5, 0.6) is 0 Å². The topological polar surface area (TPSA) is 41.5 Å². The first-order valence-electron chi connectivity index (χ1n) is 7.85. The Bertz CT molecular complexity index is 365. The van der Waals surface area contributed by atoms with E-state index in [1.54, 1.807) is 0 Å². The van der Waals surface area contributed by atoms with Crippen molar-refractivity contribution in [3.63, 3.8) is 0 Å². The fraction of sp³-hybridized carbons (Fsp3) is 1.00. The Labute approximate surface area is 117 Å². The number of nitrogens with one attached hydrogen (secondary N) is 1. The second-order valence-electron chi connectivity index (χ2n) is 8.10. The van der Waals surface area contributed by atoms with Gasteiger partial charge in [-0.25, -0.2) is 0 Å². The predicted octanol–water partition coefficient (Wildman–Crippen LogP) is 2.33. The highest BCUT2D eigenvalue weighted by Crippen LogP contribution is 2.62. The molecule has 3 unspecified atom stereocenters. The van der Waals surface area contributed by atoms with Crippen molar-refractivity contribution in [1.29, 1.82) is 0 Å². The van der Waals surface area contributed by atoms with Gasteiger partial charge in [-0.1, -0.05) is 20.8 Å². The van der Waals surface area contributed by atoms with Crippen molar-refractivity contribution < 1.29 is 9.84 Å². The van der Waals surface area contributed by atoms with Gasteiger partial charge in [-0.3, -0.25) is 0 Å². The molecular formula is C16H29NO2. The summed E-state index contributed by atoms with van der Waals surface area (Å²) in [5, 5.41) is 14.4. The van der Waals surface area contributed by atoms with E-state index < -0.39 is 5.60 Å². The number of ether oxygens (including phenoxy) is 1. The van der Waals surface area contributed by atoms with Crippen molar-refractivity contribution in [2.45, 2.75) is 71.1 Å². The number of hydrogen-bond acceptors (Lipinski definition) is 3. The molecule has 1 heterocycles. The molecule has 0 amide bonds. The van der Waals surface area contributed by atoms with Crippen LogP contribution in [0.1, 0.15) is 53.4 Å². The Hall–Kier alpha value is -0.120. The first-order valence-corrected chi connectivity index (χ1v) is 7.85. The molecule has 2 N–H and O–H groups in total. The molecule has 0 aromatic rings. The zero-order valence-electron chi connectivity index (χ0n) is 12.8. The summed E-state index contributed by atoms with van der Waals surface area (Å²) >= 11 is 0.